The molecule has 400 valence electrons. The van der Waals surface area contributed by atoms with Gasteiger partial charge in [-0.25, -0.2) is 24.0 Å². The molecule has 0 saturated carbocycles. The molecule has 3 saturated heterocycles. The molecule has 3 fully saturated rings. The monoisotopic (exact) mass is 1080 g/mol. The van der Waals surface area contributed by atoms with Crippen molar-refractivity contribution in [2.45, 2.75) is 73.2 Å². The molecule has 3 heterocycles. The Morgan fingerprint density at radius 2 is 0.883 bits per heavy atom. The van der Waals surface area contributed by atoms with Crippen molar-refractivity contribution < 1.29 is 97.1 Å². The van der Waals surface area contributed by atoms with Gasteiger partial charge in [0.2, 0.25) is 12.4 Å². The van der Waals surface area contributed by atoms with Gasteiger partial charge in [-0.1, -0.05) is 121 Å². The van der Waals surface area contributed by atoms with Crippen LogP contribution in [-0.2, 0) is 61.7 Å². The minimum Gasteiger partial charge on any atom is -0.459 e. The Balaban J connectivity index is 1.18. The van der Waals surface area contributed by atoms with Gasteiger partial charge in [-0.2, -0.15) is 21.6 Å². The lowest BCUT2D eigenvalue weighted by Gasteiger charge is -2.50. The van der Waals surface area contributed by atoms with Crippen molar-refractivity contribution in [3.63, 3.8) is 0 Å². The van der Waals surface area contributed by atoms with Crippen LogP contribution in [0.1, 0.15) is 63.6 Å². The number of benzene rings is 6. The summed E-state index contributed by atoms with van der Waals surface area (Å²) in [6.07, 6.45) is -22.1. The Hall–Kier alpha value is -7.83. The lowest BCUT2D eigenvalue weighted by molar-refractivity contribution is -0.379. The summed E-state index contributed by atoms with van der Waals surface area (Å²) < 4.78 is 136. The number of fused-ring (bicyclic) bond motifs is 1. The highest BCUT2D eigenvalue weighted by Gasteiger charge is 2.61. The molecular weight excluding hydrogens is 1040 g/mol. The topological polar surface area (TPSA) is 221 Å². The summed E-state index contributed by atoms with van der Waals surface area (Å²) in [6.45, 7) is -1.39. The van der Waals surface area contributed by atoms with Gasteiger partial charge in [0.05, 0.1) is 34.4 Å². The SMILES string of the molecule is O=C(OC[C@H]1O[C@H](OC(=O)c2ccccc2)[C@@H](OC(=O)c2ccccc2)[C@@H](OC(=O)c2ccccc2)[C@@H]1O[C@@H]1O[C@@H]2COC(c3ccccc3)O[C@@H]2[C@H](OC(=O)c2ccccc2)[C@H]1OS(=O)(=O)C(F)(F)F)c1ccccc1. The van der Waals surface area contributed by atoms with Crippen LogP contribution in [0.15, 0.2) is 182 Å². The molecule has 77 heavy (non-hydrogen) atoms. The fraction of sp³-hybridized carbons (Fsp3) is 0.255. The van der Waals surface area contributed by atoms with Crippen LogP contribution < -0.4 is 0 Å². The van der Waals surface area contributed by atoms with Crippen LogP contribution in [0.3, 0.4) is 0 Å². The lowest BCUT2D eigenvalue weighted by Crippen LogP contribution is -2.68. The summed E-state index contributed by atoms with van der Waals surface area (Å²) >= 11 is 0. The van der Waals surface area contributed by atoms with Crippen LogP contribution >= 0.6 is 0 Å². The van der Waals surface area contributed by atoms with Gasteiger partial charge >= 0.3 is 45.5 Å². The summed E-state index contributed by atoms with van der Waals surface area (Å²) in [4.78, 5) is 70.1. The van der Waals surface area contributed by atoms with E-state index in [1.54, 1.807) is 60.7 Å². The van der Waals surface area contributed by atoms with Gasteiger partial charge in [-0.3, -0.25) is 4.18 Å². The molecule has 0 aliphatic carbocycles. The molecule has 22 heteroatoms. The Labute approximate surface area is 437 Å². The number of hydrogen-bond acceptors (Lipinski definition) is 18. The van der Waals surface area contributed by atoms with Crippen molar-refractivity contribution in [1.82, 2.24) is 0 Å². The van der Waals surface area contributed by atoms with E-state index in [1.807, 2.05) is 0 Å². The van der Waals surface area contributed by atoms with Crippen LogP contribution in [-0.4, -0.2) is 118 Å². The van der Waals surface area contributed by atoms with Gasteiger partial charge in [0.1, 0.15) is 31.0 Å². The maximum atomic E-state index is 14.6. The third-order valence-electron chi connectivity index (χ3n) is 12.1. The normalized spacial score (nSPS) is 25.2. The van der Waals surface area contributed by atoms with E-state index in [4.69, 9.17) is 51.6 Å². The second-order valence-corrected chi connectivity index (χ2v) is 18.8. The number of ether oxygens (including phenoxy) is 10. The van der Waals surface area contributed by atoms with Crippen molar-refractivity contribution >= 4 is 40.0 Å². The average Bonchev–Trinajstić information content (AvgIpc) is 3.47. The summed E-state index contributed by atoms with van der Waals surface area (Å²) in [7, 11) is -6.70. The number of alkyl halides is 3. The first kappa shape index (κ1) is 54.0. The molecule has 18 nitrogen and oxygen atoms in total. The minimum absolute atomic E-state index is 0.0243. The molecule has 6 aromatic carbocycles. The fourth-order valence-corrected chi connectivity index (χ4v) is 9.02. The largest absolute Gasteiger partial charge is 0.523 e. The van der Waals surface area contributed by atoms with Crippen LogP contribution in [0.5, 0.6) is 0 Å². The first-order valence-corrected chi connectivity index (χ1v) is 25.1. The van der Waals surface area contributed by atoms with Crippen molar-refractivity contribution in [1.29, 1.82) is 0 Å². The number of rotatable bonds is 16. The first-order chi connectivity index (χ1) is 37.1. The van der Waals surface area contributed by atoms with E-state index in [1.165, 1.54) is 121 Å². The number of hydrogen-bond donors (Lipinski definition) is 0. The summed E-state index contributed by atoms with van der Waals surface area (Å²) in [5.74, 6) is -5.47. The third kappa shape index (κ3) is 12.9. The molecule has 9 rings (SSSR count). The molecule has 3 aliphatic rings. The molecule has 0 amide bonds. The van der Waals surface area contributed by atoms with E-state index in [0.29, 0.717) is 5.56 Å². The summed E-state index contributed by atoms with van der Waals surface area (Å²) in [5, 5.41) is 0. The van der Waals surface area contributed by atoms with E-state index in [2.05, 4.69) is 0 Å². The molecule has 0 radical (unpaired) electrons. The van der Waals surface area contributed by atoms with Gasteiger partial charge in [0.25, 0.3) is 0 Å². The Bertz CT molecular complexity index is 3090. The molecule has 0 bridgehead atoms. The highest BCUT2D eigenvalue weighted by molar-refractivity contribution is 7.87. The molecule has 6 aromatic rings. The van der Waals surface area contributed by atoms with Gasteiger partial charge in [-0.15, -0.1) is 0 Å². The smallest absolute Gasteiger partial charge is 0.459 e. The van der Waals surface area contributed by atoms with Crippen molar-refractivity contribution in [3.8, 4) is 0 Å². The zero-order chi connectivity index (χ0) is 54.1. The van der Waals surface area contributed by atoms with Crippen LogP contribution in [0.4, 0.5) is 13.2 Å². The van der Waals surface area contributed by atoms with Crippen LogP contribution in [0.2, 0.25) is 0 Å². The van der Waals surface area contributed by atoms with Crippen LogP contribution in [0, 0.1) is 0 Å². The molecule has 0 N–H and O–H groups in total. The minimum atomic E-state index is -6.70. The molecule has 11 atom stereocenters. The quantitative estimate of drug-likeness (QED) is 0.0395. The standard InChI is InChI=1S/C55H45F3O18S/c56-55(57,58)77(64,65)76-46-44(71-49(61)35-23-11-3-12-24-35)42-40(32-67-52(73-42)38-29-17-6-18-30-38)69-54(46)74-41-39(31-66-47(59)33-19-7-1-8-20-33)68-53(75-51(63)37-27-15-5-16-28-37)45(72-50(62)36-25-13-4-14-26-36)43(41)70-48(60)34-21-9-2-10-22-34/h1-30,39-46,52-54H,31-32H2/t39-,40-,41-,42+,43+,44+,45+,46-,52?,53-,54+/m1/s1. The number of carbonyl (C=O) groups is 5. The van der Waals surface area contributed by atoms with Gasteiger partial charge in [0, 0.05) is 5.56 Å². The predicted molar refractivity (Wildman–Crippen MR) is 258 cm³/mol. The van der Waals surface area contributed by atoms with E-state index < -0.39 is 126 Å². The number of halogens is 3. The maximum Gasteiger partial charge on any atom is 0.523 e. The second kappa shape index (κ2) is 24.0. The fourth-order valence-electron chi connectivity index (χ4n) is 8.42. The molecule has 3 aliphatic heterocycles. The zero-order valence-corrected chi connectivity index (χ0v) is 40.8. The van der Waals surface area contributed by atoms with Gasteiger partial charge in [-0.05, 0) is 60.7 Å². The Morgan fingerprint density at radius 3 is 1.35 bits per heavy atom. The molecular formula is C55H45F3O18S. The molecule has 1 unspecified atom stereocenters. The van der Waals surface area contributed by atoms with E-state index >= 15 is 0 Å². The third-order valence-corrected chi connectivity index (χ3v) is 13.2. The van der Waals surface area contributed by atoms with Crippen molar-refractivity contribution in [2.24, 2.45) is 0 Å². The van der Waals surface area contributed by atoms with Gasteiger partial charge in [0.15, 0.2) is 30.9 Å². The lowest BCUT2D eigenvalue weighted by atomic mass is 9.95. The Morgan fingerprint density at radius 1 is 0.468 bits per heavy atom. The van der Waals surface area contributed by atoms with Crippen LogP contribution in [0.25, 0.3) is 0 Å². The van der Waals surface area contributed by atoms with E-state index in [-0.39, 0.29) is 27.8 Å². The van der Waals surface area contributed by atoms with E-state index in [0.717, 1.165) is 0 Å². The van der Waals surface area contributed by atoms with E-state index in [9.17, 15) is 45.6 Å². The molecule has 0 spiro atoms. The predicted octanol–water partition coefficient (Wildman–Crippen LogP) is 7.56. The Kier molecular flexibility index (Phi) is 16.8. The maximum absolute atomic E-state index is 14.6. The molecule has 0 aromatic heterocycles. The zero-order valence-electron chi connectivity index (χ0n) is 40.0. The second-order valence-electron chi connectivity index (χ2n) is 17.3. The summed E-state index contributed by atoms with van der Waals surface area (Å²) in [5.41, 5.74) is -6.05. The summed E-state index contributed by atoms with van der Waals surface area (Å²) in [6, 6.07) is 44.8. The van der Waals surface area contributed by atoms with Gasteiger partial charge < -0.3 is 47.4 Å². The highest BCUT2D eigenvalue weighted by atomic mass is 32.2. The van der Waals surface area contributed by atoms with Crippen molar-refractivity contribution in [3.05, 3.63) is 215 Å². The first-order valence-electron chi connectivity index (χ1n) is 23.7. The number of esters is 5. The number of carbonyl (C=O) groups excluding carboxylic acids is 5. The highest BCUT2D eigenvalue weighted by Crippen LogP contribution is 2.41. The van der Waals surface area contributed by atoms with Crippen molar-refractivity contribution in [2.75, 3.05) is 13.2 Å². The average molecular weight is 1080 g/mol.